The van der Waals surface area contributed by atoms with E-state index in [0.29, 0.717) is 11.3 Å². The first-order chi connectivity index (χ1) is 9.95. The summed E-state index contributed by atoms with van der Waals surface area (Å²) in [6.07, 6.45) is 1.41. The van der Waals surface area contributed by atoms with Crippen molar-refractivity contribution < 1.29 is 14.7 Å². The SMILES string of the molecule is Cc1cc(Br)cc(C(=O)NCc2cc(C(=O)O)ccn2)c1. The molecule has 1 amide bonds. The van der Waals surface area contributed by atoms with Gasteiger partial charge in [-0.3, -0.25) is 9.78 Å². The van der Waals surface area contributed by atoms with Crippen LogP contribution in [0, 0.1) is 6.92 Å². The van der Waals surface area contributed by atoms with Crippen molar-refractivity contribution in [2.24, 2.45) is 0 Å². The molecule has 2 rings (SSSR count). The van der Waals surface area contributed by atoms with Gasteiger partial charge in [0, 0.05) is 16.2 Å². The van der Waals surface area contributed by atoms with Crippen LogP contribution in [0.15, 0.2) is 41.0 Å². The molecule has 1 aromatic carbocycles. The Morgan fingerprint density at radius 2 is 2.00 bits per heavy atom. The highest BCUT2D eigenvalue weighted by atomic mass is 79.9. The number of nitrogens with zero attached hydrogens (tertiary/aromatic N) is 1. The molecule has 0 bridgehead atoms. The monoisotopic (exact) mass is 348 g/mol. The lowest BCUT2D eigenvalue weighted by atomic mass is 10.1. The number of amides is 1. The lowest BCUT2D eigenvalue weighted by molar-refractivity contribution is 0.0696. The second kappa shape index (κ2) is 6.49. The Morgan fingerprint density at radius 3 is 2.67 bits per heavy atom. The number of pyridine rings is 1. The van der Waals surface area contributed by atoms with Crippen molar-refractivity contribution in [3.8, 4) is 0 Å². The molecule has 0 unspecified atom stereocenters. The minimum atomic E-state index is -1.02. The zero-order valence-corrected chi connectivity index (χ0v) is 12.8. The number of carboxylic acid groups (broad SMARTS) is 1. The predicted molar refractivity (Wildman–Crippen MR) is 81.2 cm³/mol. The van der Waals surface area contributed by atoms with Crippen LogP contribution in [0.25, 0.3) is 0 Å². The van der Waals surface area contributed by atoms with E-state index < -0.39 is 5.97 Å². The normalized spacial score (nSPS) is 10.2. The Kier molecular flexibility index (Phi) is 4.70. The Balaban J connectivity index is 2.07. The molecule has 1 aromatic heterocycles. The van der Waals surface area contributed by atoms with E-state index in [1.54, 1.807) is 12.1 Å². The fourth-order valence-electron chi connectivity index (χ4n) is 1.85. The van der Waals surface area contributed by atoms with E-state index in [4.69, 9.17) is 5.11 Å². The number of rotatable bonds is 4. The molecule has 0 atom stereocenters. The summed E-state index contributed by atoms with van der Waals surface area (Å²) >= 11 is 3.35. The molecule has 0 saturated carbocycles. The maximum Gasteiger partial charge on any atom is 0.335 e. The topological polar surface area (TPSA) is 79.3 Å². The van der Waals surface area contributed by atoms with Crippen molar-refractivity contribution in [3.05, 3.63) is 63.4 Å². The van der Waals surface area contributed by atoms with Gasteiger partial charge in [0.25, 0.3) is 5.91 Å². The van der Waals surface area contributed by atoms with Crippen molar-refractivity contribution >= 4 is 27.8 Å². The van der Waals surface area contributed by atoms with Gasteiger partial charge in [-0.05, 0) is 42.8 Å². The van der Waals surface area contributed by atoms with Crippen LogP contribution in [0.4, 0.5) is 0 Å². The van der Waals surface area contributed by atoms with Crippen LogP contribution in [0.1, 0.15) is 32.0 Å². The Labute approximate surface area is 130 Å². The fourth-order valence-corrected chi connectivity index (χ4v) is 2.46. The largest absolute Gasteiger partial charge is 0.478 e. The molecule has 108 valence electrons. The highest BCUT2D eigenvalue weighted by molar-refractivity contribution is 9.10. The fraction of sp³-hybridized carbons (Fsp3) is 0.133. The van der Waals surface area contributed by atoms with Gasteiger partial charge in [0.15, 0.2) is 0 Å². The standard InChI is InChI=1S/C15H13BrN2O3/c1-9-4-11(6-12(16)5-9)14(19)18-8-13-7-10(15(20)21)2-3-17-13/h2-7H,8H2,1H3,(H,18,19)(H,20,21). The molecule has 0 fully saturated rings. The molecule has 0 radical (unpaired) electrons. The van der Waals surface area contributed by atoms with Crippen LogP contribution in [-0.4, -0.2) is 22.0 Å². The van der Waals surface area contributed by atoms with Gasteiger partial charge >= 0.3 is 5.97 Å². The molecule has 6 heteroatoms. The summed E-state index contributed by atoms with van der Waals surface area (Å²) < 4.78 is 0.832. The van der Waals surface area contributed by atoms with Gasteiger partial charge in [-0.1, -0.05) is 15.9 Å². The molecule has 2 N–H and O–H groups in total. The van der Waals surface area contributed by atoms with Gasteiger partial charge in [0.1, 0.15) is 0 Å². The summed E-state index contributed by atoms with van der Waals surface area (Å²) in [5, 5.41) is 11.6. The molecule has 1 heterocycles. The van der Waals surface area contributed by atoms with Crippen LogP contribution < -0.4 is 5.32 Å². The summed E-state index contributed by atoms with van der Waals surface area (Å²) in [5.41, 5.74) is 2.15. The number of aromatic carboxylic acids is 1. The van der Waals surface area contributed by atoms with Gasteiger partial charge < -0.3 is 10.4 Å². The minimum Gasteiger partial charge on any atom is -0.478 e. The van der Waals surface area contributed by atoms with E-state index >= 15 is 0 Å². The number of carbonyl (C=O) groups excluding carboxylic acids is 1. The van der Waals surface area contributed by atoms with Crippen molar-refractivity contribution in [3.63, 3.8) is 0 Å². The van der Waals surface area contributed by atoms with Gasteiger partial charge in [0.2, 0.25) is 0 Å². The van der Waals surface area contributed by atoms with E-state index in [1.165, 1.54) is 18.3 Å². The lowest BCUT2D eigenvalue weighted by Crippen LogP contribution is -2.23. The van der Waals surface area contributed by atoms with Crippen LogP contribution in [0.2, 0.25) is 0 Å². The summed E-state index contributed by atoms with van der Waals surface area (Å²) in [6, 6.07) is 8.26. The van der Waals surface area contributed by atoms with E-state index in [-0.39, 0.29) is 18.0 Å². The number of nitrogens with one attached hydrogen (secondary N) is 1. The highest BCUT2D eigenvalue weighted by Crippen LogP contribution is 2.15. The van der Waals surface area contributed by atoms with Crippen molar-refractivity contribution in [2.75, 3.05) is 0 Å². The molecule has 0 saturated heterocycles. The van der Waals surface area contributed by atoms with Gasteiger partial charge in [-0.15, -0.1) is 0 Å². The first-order valence-corrected chi connectivity index (χ1v) is 6.98. The number of carbonyl (C=O) groups is 2. The molecule has 5 nitrogen and oxygen atoms in total. The third-order valence-electron chi connectivity index (χ3n) is 2.80. The maximum atomic E-state index is 12.1. The van der Waals surface area contributed by atoms with E-state index in [1.807, 2.05) is 13.0 Å². The number of benzene rings is 1. The Morgan fingerprint density at radius 1 is 1.24 bits per heavy atom. The quantitative estimate of drug-likeness (QED) is 0.890. The molecule has 2 aromatic rings. The summed E-state index contributed by atoms with van der Waals surface area (Å²) in [6.45, 7) is 2.07. The molecule has 0 aliphatic rings. The summed E-state index contributed by atoms with van der Waals surface area (Å²) in [7, 11) is 0. The van der Waals surface area contributed by atoms with E-state index in [2.05, 4.69) is 26.2 Å². The third-order valence-corrected chi connectivity index (χ3v) is 3.26. The second-order valence-corrected chi connectivity index (χ2v) is 5.46. The van der Waals surface area contributed by atoms with E-state index in [9.17, 15) is 9.59 Å². The predicted octanol–water partition coefficient (Wildman–Crippen LogP) is 2.78. The first-order valence-electron chi connectivity index (χ1n) is 6.19. The van der Waals surface area contributed by atoms with Gasteiger partial charge in [-0.25, -0.2) is 4.79 Å². The zero-order valence-electron chi connectivity index (χ0n) is 11.3. The number of aromatic nitrogens is 1. The Hall–Kier alpha value is -2.21. The number of carboxylic acids is 1. The van der Waals surface area contributed by atoms with Crippen molar-refractivity contribution in [2.45, 2.75) is 13.5 Å². The lowest BCUT2D eigenvalue weighted by Gasteiger charge is -2.07. The minimum absolute atomic E-state index is 0.146. The van der Waals surface area contributed by atoms with Gasteiger partial charge in [-0.2, -0.15) is 0 Å². The van der Waals surface area contributed by atoms with Crippen molar-refractivity contribution in [1.82, 2.24) is 10.3 Å². The van der Waals surface area contributed by atoms with Crippen molar-refractivity contribution in [1.29, 1.82) is 0 Å². The second-order valence-electron chi connectivity index (χ2n) is 4.54. The van der Waals surface area contributed by atoms with E-state index in [0.717, 1.165) is 10.0 Å². The van der Waals surface area contributed by atoms with Gasteiger partial charge in [0.05, 0.1) is 17.8 Å². The van der Waals surface area contributed by atoms with Crippen LogP contribution >= 0.6 is 15.9 Å². The average molecular weight is 349 g/mol. The third kappa shape index (κ3) is 4.13. The zero-order chi connectivity index (χ0) is 15.4. The van der Waals surface area contributed by atoms with Crippen LogP contribution in [0.5, 0.6) is 0 Å². The molecule has 0 spiro atoms. The molecule has 21 heavy (non-hydrogen) atoms. The Bertz CT molecular complexity index is 681. The average Bonchev–Trinajstić information content (AvgIpc) is 2.44. The smallest absolute Gasteiger partial charge is 0.335 e. The first kappa shape index (κ1) is 15.2. The molecular formula is C15H13BrN2O3. The van der Waals surface area contributed by atoms with Crippen LogP contribution in [0.3, 0.4) is 0 Å². The number of hydrogen-bond acceptors (Lipinski definition) is 3. The van der Waals surface area contributed by atoms with Crippen LogP contribution in [-0.2, 0) is 6.54 Å². The highest BCUT2D eigenvalue weighted by Gasteiger charge is 2.09. The number of hydrogen-bond donors (Lipinski definition) is 2. The molecule has 0 aliphatic carbocycles. The summed E-state index contributed by atoms with van der Waals surface area (Å²) in [4.78, 5) is 27.0. The summed E-state index contributed by atoms with van der Waals surface area (Å²) in [5.74, 6) is -1.26. The number of halogens is 1. The number of aryl methyl sites for hydroxylation is 1. The molecule has 0 aliphatic heterocycles. The molecular weight excluding hydrogens is 336 g/mol. The maximum absolute atomic E-state index is 12.1.